The average molecular weight is 525 g/mol. The van der Waals surface area contributed by atoms with E-state index in [9.17, 15) is 18.0 Å². The maximum absolute atomic E-state index is 13.6. The van der Waals surface area contributed by atoms with Gasteiger partial charge >= 0.3 is 6.36 Å². The summed E-state index contributed by atoms with van der Waals surface area (Å²) in [6, 6.07) is 15.4. The first-order chi connectivity index (χ1) is 18.2. The Morgan fingerprint density at radius 1 is 1.11 bits per heavy atom. The van der Waals surface area contributed by atoms with E-state index >= 15 is 0 Å². The van der Waals surface area contributed by atoms with Crippen molar-refractivity contribution in [1.82, 2.24) is 19.1 Å². The third-order valence-electron chi connectivity index (χ3n) is 6.44. The highest BCUT2D eigenvalue weighted by Crippen LogP contribution is 2.26. The van der Waals surface area contributed by atoms with Crippen LogP contribution in [0, 0.1) is 0 Å². The van der Waals surface area contributed by atoms with Crippen molar-refractivity contribution >= 4 is 29.3 Å². The fourth-order valence-electron chi connectivity index (χ4n) is 4.65. The molecule has 5 rings (SSSR count). The first-order valence-corrected chi connectivity index (χ1v) is 12.2. The van der Waals surface area contributed by atoms with Crippen molar-refractivity contribution in [2.24, 2.45) is 12.8 Å². The Hall–Kier alpha value is -4.12. The average Bonchev–Trinajstić information content (AvgIpc) is 3.23. The molecule has 2 aromatic heterocycles. The number of ether oxygens (including phenoxy) is 1. The zero-order chi connectivity index (χ0) is 26.9. The largest absolute Gasteiger partial charge is 0.573 e. The van der Waals surface area contributed by atoms with E-state index in [2.05, 4.69) is 14.6 Å². The van der Waals surface area contributed by atoms with E-state index in [-0.39, 0.29) is 17.4 Å². The molecular weight excluding hydrogens is 497 g/mol. The first-order valence-electron chi connectivity index (χ1n) is 12.2. The van der Waals surface area contributed by atoms with Crippen LogP contribution in [0.15, 0.2) is 59.4 Å². The predicted octanol–water partition coefficient (Wildman–Crippen LogP) is 4.17. The van der Waals surface area contributed by atoms with Gasteiger partial charge in [0, 0.05) is 26.2 Å². The van der Waals surface area contributed by atoms with Gasteiger partial charge in [-0.1, -0.05) is 48.5 Å². The van der Waals surface area contributed by atoms with E-state index in [0.29, 0.717) is 41.6 Å². The van der Waals surface area contributed by atoms with Gasteiger partial charge in [0.25, 0.3) is 5.56 Å². The molecule has 38 heavy (non-hydrogen) atoms. The second-order valence-electron chi connectivity index (χ2n) is 9.29. The molecule has 0 saturated carbocycles. The topological polar surface area (TPSA) is 91.2 Å². The van der Waals surface area contributed by atoms with E-state index < -0.39 is 6.36 Å². The monoisotopic (exact) mass is 524 g/mol. The van der Waals surface area contributed by atoms with Crippen molar-refractivity contribution < 1.29 is 17.9 Å². The van der Waals surface area contributed by atoms with Crippen LogP contribution >= 0.6 is 0 Å². The Morgan fingerprint density at radius 3 is 2.63 bits per heavy atom. The molecule has 0 bridgehead atoms. The standard InChI is InChI=1S/C27H27F3N6O2/c1-34-22(13-12-18-9-5-11-21(15-18)38-27(28,29)30)32-24-23(25(34)37)36(16-19-7-3-2-4-8-19)26(33-24)35-14-6-10-20(31)17-35/h2-5,7-9,11-13,15,20H,6,10,14,16-17,31H2,1H3. The second-order valence-corrected chi connectivity index (χ2v) is 9.29. The molecule has 1 aliphatic heterocycles. The quantitative estimate of drug-likeness (QED) is 0.407. The van der Waals surface area contributed by atoms with Gasteiger partial charge in [-0.3, -0.25) is 13.9 Å². The number of fused-ring (bicyclic) bond motifs is 1. The molecule has 3 heterocycles. The van der Waals surface area contributed by atoms with E-state index in [1.54, 1.807) is 25.3 Å². The van der Waals surface area contributed by atoms with Gasteiger partial charge in [-0.2, -0.15) is 4.98 Å². The minimum atomic E-state index is -4.78. The molecule has 4 aromatic rings. The maximum atomic E-state index is 13.6. The molecule has 2 N–H and O–H groups in total. The molecular formula is C27H27F3N6O2. The lowest BCUT2D eigenvalue weighted by molar-refractivity contribution is -0.274. The van der Waals surface area contributed by atoms with Crippen molar-refractivity contribution in [2.45, 2.75) is 31.8 Å². The third kappa shape index (κ3) is 5.57. The first kappa shape index (κ1) is 25.5. The van der Waals surface area contributed by atoms with Crippen molar-refractivity contribution in [1.29, 1.82) is 0 Å². The van der Waals surface area contributed by atoms with Crippen molar-refractivity contribution in [3.05, 3.63) is 81.9 Å². The Kier molecular flexibility index (Phi) is 6.94. The van der Waals surface area contributed by atoms with Gasteiger partial charge < -0.3 is 15.4 Å². The molecule has 1 saturated heterocycles. The predicted molar refractivity (Wildman–Crippen MR) is 140 cm³/mol. The van der Waals surface area contributed by atoms with Gasteiger partial charge in [-0.15, -0.1) is 13.2 Å². The third-order valence-corrected chi connectivity index (χ3v) is 6.44. The minimum Gasteiger partial charge on any atom is -0.406 e. The Labute approximate surface area is 216 Å². The minimum absolute atomic E-state index is 0.0140. The molecule has 2 aromatic carbocycles. The number of piperidine rings is 1. The van der Waals surface area contributed by atoms with Crippen LogP contribution in [0.4, 0.5) is 19.1 Å². The Morgan fingerprint density at radius 2 is 1.89 bits per heavy atom. The smallest absolute Gasteiger partial charge is 0.406 e. The molecule has 1 fully saturated rings. The molecule has 198 valence electrons. The lowest BCUT2D eigenvalue weighted by Gasteiger charge is -2.31. The summed E-state index contributed by atoms with van der Waals surface area (Å²) < 4.78 is 45.1. The number of halogens is 3. The van der Waals surface area contributed by atoms with Crippen LogP contribution < -0.4 is 20.9 Å². The van der Waals surface area contributed by atoms with Gasteiger partial charge in [-0.05, 0) is 42.2 Å². The molecule has 1 unspecified atom stereocenters. The maximum Gasteiger partial charge on any atom is 0.573 e. The van der Waals surface area contributed by atoms with Gasteiger partial charge in [0.05, 0.1) is 6.54 Å². The summed E-state index contributed by atoms with van der Waals surface area (Å²) in [4.78, 5) is 25.1. The number of hydrogen-bond acceptors (Lipinski definition) is 6. The Balaban J connectivity index is 1.56. The fraction of sp³-hybridized carbons (Fsp3) is 0.296. The van der Waals surface area contributed by atoms with Crippen LogP contribution in [0.3, 0.4) is 0 Å². The summed E-state index contributed by atoms with van der Waals surface area (Å²) in [7, 11) is 1.61. The molecule has 1 atom stereocenters. The van der Waals surface area contributed by atoms with E-state index in [1.165, 1.54) is 22.8 Å². The van der Waals surface area contributed by atoms with Gasteiger partial charge in [-0.25, -0.2) is 4.98 Å². The Bertz CT molecular complexity index is 1530. The number of aromatic nitrogens is 4. The van der Waals surface area contributed by atoms with Gasteiger partial charge in [0.15, 0.2) is 11.2 Å². The summed E-state index contributed by atoms with van der Waals surface area (Å²) in [6.07, 6.45) is 0.210. The molecule has 0 amide bonds. The lowest BCUT2D eigenvalue weighted by Crippen LogP contribution is -2.44. The van der Waals surface area contributed by atoms with Crippen LogP contribution in [0.1, 0.15) is 29.8 Å². The number of hydrogen-bond donors (Lipinski definition) is 1. The SMILES string of the molecule is Cn1c(C=Cc2cccc(OC(F)(F)F)c2)nc2nc(N3CCCC(N)C3)n(Cc3ccccc3)c2c1=O. The number of nitrogens with two attached hydrogens (primary N) is 1. The summed E-state index contributed by atoms with van der Waals surface area (Å²) >= 11 is 0. The van der Waals surface area contributed by atoms with Crippen LogP contribution in [0.25, 0.3) is 23.3 Å². The van der Waals surface area contributed by atoms with Crippen LogP contribution in [0.2, 0.25) is 0 Å². The zero-order valence-corrected chi connectivity index (χ0v) is 20.7. The summed E-state index contributed by atoms with van der Waals surface area (Å²) in [5, 5.41) is 0. The molecule has 0 aliphatic carbocycles. The van der Waals surface area contributed by atoms with Crippen molar-refractivity contribution in [3.8, 4) is 5.75 Å². The van der Waals surface area contributed by atoms with E-state index in [4.69, 9.17) is 10.7 Å². The molecule has 0 radical (unpaired) electrons. The zero-order valence-electron chi connectivity index (χ0n) is 20.7. The molecule has 11 heteroatoms. The normalized spacial score (nSPS) is 16.4. The summed E-state index contributed by atoms with van der Waals surface area (Å²) in [5.41, 5.74) is 8.11. The van der Waals surface area contributed by atoms with Crippen molar-refractivity contribution in [2.75, 3.05) is 18.0 Å². The number of rotatable bonds is 6. The van der Waals surface area contributed by atoms with Gasteiger partial charge in [0.2, 0.25) is 5.95 Å². The highest BCUT2D eigenvalue weighted by Gasteiger charge is 2.31. The number of nitrogens with zero attached hydrogens (tertiary/aromatic N) is 5. The highest BCUT2D eigenvalue weighted by molar-refractivity contribution is 5.77. The second kappa shape index (κ2) is 10.3. The van der Waals surface area contributed by atoms with Gasteiger partial charge in [0.1, 0.15) is 11.6 Å². The van der Waals surface area contributed by atoms with E-state index in [0.717, 1.165) is 24.9 Å². The molecule has 1 aliphatic rings. The van der Waals surface area contributed by atoms with Crippen LogP contribution in [-0.4, -0.2) is 44.6 Å². The van der Waals surface area contributed by atoms with Crippen LogP contribution in [0.5, 0.6) is 5.75 Å². The fourth-order valence-corrected chi connectivity index (χ4v) is 4.65. The van der Waals surface area contributed by atoms with Crippen LogP contribution in [-0.2, 0) is 13.6 Å². The number of benzene rings is 2. The number of anilines is 1. The van der Waals surface area contributed by atoms with E-state index in [1.807, 2.05) is 34.9 Å². The number of imidazole rings is 1. The summed E-state index contributed by atoms with van der Waals surface area (Å²) in [5.74, 6) is 0.624. The highest BCUT2D eigenvalue weighted by atomic mass is 19.4. The molecule has 8 nitrogen and oxygen atoms in total. The van der Waals surface area contributed by atoms with Crippen molar-refractivity contribution in [3.63, 3.8) is 0 Å². The summed E-state index contributed by atoms with van der Waals surface area (Å²) in [6.45, 7) is 1.84. The lowest BCUT2D eigenvalue weighted by atomic mass is 10.1. The molecule has 0 spiro atoms. The number of alkyl halides is 3.